The minimum Gasteiger partial charge on any atom is -0.390 e. The van der Waals surface area contributed by atoms with Gasteiger partial charge in [0.15, 0.2) is 0 Å². The lowest BCUT2D eigenvalue weighted by Crippen LogP contribution is -2.17. The monoisotopic (exact) mass is 231 g/mol. The molecule has 2 unspecified atom stereocenters. The zero-order valence-electron chi connectivity index (χ0n) is 9.87. The summed E-state index contributed by atoms with van der Waals surface area (Å²) in [5, 5.41) is 20.7. The SMILES string of the molecule is CCCC(O)C(O)c1cnc2ccccc2c1. The van der Waals surface area contributed by atoms with Crippen molar-refractivity contribution in [2.45, 2.75) is 32.0 Å². The van der Waals surface area contributed by atoms with Crippen LogP contribution in [0.3, 0.4) is 0 Å². The molecule has 17 heavy (non-hydrogen) atoms. The molecule has 1 aromatic carbocycles. The number of benzene rings is 1. The van der Waals surface area contributed by atoms with Crippen LogP contribution >= 0.6 is 0 Å². The lowest BCUT2D eigenvalue weighted by molar-refractivity contribution is 0.0130. The van der Waals surface area contributed by atoms with Crippen LogP contribution in [-0.2, 0) is 0 Å². The van der Waals surface area contributed by atoms with Crippen molar-refractivity contribution in [3.63, 3.8) is 0 Å². The highest BCUT2D eigenvalue weighted by molar-refractivity contribution is 5.78. The standard InChI is InChI=1S/C14H17NO2/c1-2-5-13(16)14(17)11-8-10-6-3-4-7-12(10)15-9-11/h3-4,6-9,13-14,16-17H,2,5H2,1H3. The van der Waals surface area contributed by atoms with Gasteiger partial charge in [-0.05, 0) is 18.6 Å². The van der Waals surface area contributed by atoms with Crippen molar-refractivity contribution in [3.05, 3.63) is 42.1 Å². The van der Waals surface area contributed by atoms with Gasteiger partial charge in [-0.1, -0.05) is 31.5 Å². The van der Waals surface area contributed by atoms with Crippen LogP contribution in [0.25, 0.3) is 10.9 Å². The summed E-state index contributed by atoms with van der Waals surface area (Å²) in [5.41, 5.74) is 1.57. The van der Waals surface area contributed by atoms with E-state index in [9.17, 15) is 10.2 Å². The Hall–Kier alpha value is -1.45. The molecule has 3 nitrogen and oxygen atoms in total. The maximum absolute atomic E-state index is 9.99. The third-order valence-electron chi connectivity index (χ3n) is 2.90. The van der Waals surface area contributed by atoms with Gasteiger partial charge < -0.3 is 10.2 Å². The zero-order chi connectivity index (χ0) is 12.3. The van der Waals surface area contributed by atoms with Crippen LogP contribution in [0.4, 0.5) is 0 Å². The molecule has 0 fully saturated rings. The van der Waals surface area contributed by atoms with Crippen LogP contribution in [0.5, 0.6) is 0 Å². The van der Waals surface area contributed by atoms with Crippen molar-refractivity contribution in [1.29, 1.82) is 0 Å². The van der Waals surface area contributed by atoms with Gasteiger partial charge in [0.25, 0.3) is 0 Å². The van der Waals surface area contributed by atoms with E-state index in [2.05, 4.69) is 4.98 Å². The summed E-state index contributed by atoms with van der Waals surface area (Å²) in [5.74, 6) is 0. The van der Waals surface area contributed by atoms with Gasteiger partial charge >= 0.3 is 0 Å². The number of hydrogen-bond acceptors (Lipinski definition) is 3. The van der Waals surface area contributed by atoms with Crippen molar-refractivity contribution in [1.82, 2.24) is 4.98 Å². The van der Waals surface area contributed by atoms with Crippen molar-refractivity contribution in [2.24, 2.45) is 0 Å². The number of aromatic nitrogens is 1. The molecular weight excluding hydrogens is 214 g/mol. The summed E-state index contributed by atoms with van der Waals surface area (Å²) in [6.45, 7) is 1.98. The molecule has 2 N–H and O–H groups in total. The third kappa shape index (κ3) is 2.62. The van der Waals surface area contributed by atoms with Gasteiger partial charge in [-0.3, -0.25) is 4.98 Å². The topological polar surface area (TPSA) is 53.4 Å². The summed E-state index contributed by atoms with van der Waals surface area (Å²) < 4.78 is 0. The predicted molar refractivity (Wildman–Crippen MR) is 67.6 cm³/mol. The molecular formula is C14H17NO2. The Kier molecular flexibility index (Phi) is 3.71. The second-order valence-corrected chi connectivity index (χ2v) is 4.26. The Morgan fingerprint density at radius 2 is 2.00 bits per heavy atom. The summed E-state index contributed by atoms with van der Waals surface area (Å²) in [6.07, 6.45) is 1.49. The van der Waals surface area contributed by atoms with E-state index in [0.717, 1.165) is 17.3 Å². The van der Waals surface area contributed by atoms with Gasteiger partial charge in [0.2, 0.25) is 0 Å². The number of rotatable bonds is 4. The van der Waals surface area contributed by atoms with E-state index in [1.54, 1.807) is 6.20 Å². The minimum atomic E-state index is -0.855. The first kappa shape index (κ1) is 12.0. The molecule has 0 spiro atoms. The molecule has 0 aliphatic rings. The first-order chi connectivity index (χ1) is 8.22. The molecule has 0 aliphatic carbocycles. The molecule has 1 aromatic heterocycles. The smallest absolute Gasteiger partial charge is 0.106 e. The highest BCUT2D eigenvalue weighted by atomic mass is 16.3. The number of fused-ring (bicyclic) bond motifs is 1. The van der Waals surface area contributed by atoms with Crippen molar-refractivity contribution >= 4 is 10.9 Å². The molecule has 0 bridgehead atoms. The highest BCUT2D eigenvalue weighted by Gasteiger charge is 2.17. The van der Waals surface area contributed by atoms with E-state index in [1.165, 1.54) is 0 Å². The van der Waals surface area contributed by atoms with E-state index < -0.39 is 12.2 Å². The summed E-state index contributed by atoms with van der Waals surface area (Å²) in [6, 6.07) is 9.62. The van der Waals surface area contributed by atoms with Crippen molar-refractivity contribution < 1.29 is 10.2 Å². The molecule has 1 heterocycles. The quantitative estimate of drug-likeness (QED) is 0.849. The molecule has 0 amide bonds. The van der Waals surface area contributed by atoms with Crippen LogP contribution in [0.1, 0.15) is 31.4 Å². The number of nitrogens with zero attached hydrogens (tertiary/aromatic N) is 1. The van der Waals surface area contributed by atoms with Gasteiger partial charge in [-0.25, -0.2) is 0 Å². The normalized spacial score (nSPS) is 14.8. The number of para-hydroxylation sites is 1. The molecule has 2 atom stereocenters. The Morgan fingerprint density at radius 3 is 2.76 bits per heavy atom. The minimum absolute atomic E-state index is 0.591. The highest BCUT2D eigenvalue weighted by Crippen LogP contribution is 2.22. The number of pyridine rings is 1. The molecule has 2 rings (SSSR count). The lowest BCUT2D eigenvalue weighted by Gasteiger charge is -2.17. The van der Waals surface area contributed by atoms with E-state index >= 15 is 0 Å². The second kappa shape index (κ2) is 5.25. The van der Waals surface area contributed by atoms with E-state index in [0.29, 0.717) is 12.0 Å². The van der Waals surface area contributed by atoms with Crippen molar-refractivity contribution in [3.8, 4) is 0 Å². The number of hydrogen-bond donors (Lipinski definition) is 2. The van der Waals surface area contributed by atoms with E-state index in [-0.39, 0.29) is 0 Å². The number of aliphatic hydroxyl groups excluding tert-OH is 2. The second-order valence-electron chi connectivity index (χ2n) is 4.26. The average molecular weight is 231 g/mol. The Labute approximate surface area is 101 Å². The van der Waals surface area contributed by atoms with Crippen LogP contribution < -0.4 is 0 Å². The molecule has 90 valence electrons. The summed E-state index contributed by atoms with van der Waals surface area (Å²) >= 11 is 0. The van der Waals surface area contributed by atoms with Gasteiger partial charge in [0, 0.05) is 17.1 Å². The maximum atomic E-state index is 9.99. The lowest BCUT2D eigenvalue weighted by atomic mass is 10.0. The Morgan fingerprint density at radius 1 is 1.24 bits per heavy atom. The van der Waals surface area contributed by atoms with Gasteiger partial charge in [0.1, 0.15) is 6.10 Å². The zero-order valence-corrected chi connectivity index (χ0v) is 9.87. The van der Waals surface area contributed by atoms with Crippen molar-refractivity contribution in [2.75, 3.05) is 0 Å². The fourth-order valence-corrected chi connectivity index (χ4v) is 1.93. The summed E-state index contributed by atoms with van der Waals surface area (Å²) in [7, 11) is 0. The Balaban J connectivity index is 2.29. The fraction of sp³-hybridized carbons (Fsp3) is 0.357. The van der Waals surface area contributed by atoms with Gasteiger partial charge in [-0.2, -0.15) is 0 Å². The molecule has 0 aliphatic heterocycles. The molecule has 2 aromatic rings. The van der Waals surface area contributed by atoms with Crippen LogP contribution in [0.2, 0.25) is 0 Å². The van der Waals surface area contributed by atoms with Crippen LogP contribution in [0.15, 0.2) is 36.5 Å². The number of aliphatic hydroxyl groups is 2. The largest absolute Gasteiger partial charge is 0.390 e. The molecule has 3 heteroatoms. The molecule has 0 saturated carbocycles. The molecule has 0 saturated heterocycles. The summed E-state index contributed by atoms with van der Waals surface area (Å²) in [4.78, 5) is 4.27. The first-order valence-electron chi connectivity index (χ1n) is 5.93. The van der Waals surface area contributed by atoms with Crippen LogP contribution in [-0.4, -0.2) is 21.3 Å². The Bertz CT molecular complexity index is 498. The first-order valence-corrected chi connectivity index (χ1v) is 5.93. The van der Waals surface area contributed by atoms with Crippen LogP contribution in [0, 0.1) is 0 Å². The van der Waals surface area contributed by atoms with Gasteiger partial charge in [-0.15, -0.1) is 0 Å². The fourth-order valence-electron chi connectivity index (χ4n) is 1.93. The van der Waals surface area contributed by atoms with E-state index in [1.807, 2.05) is 37.3 Å². The maximum Gasteiger partial charge on any atom is 0.106 e. The average Bonchev–Trinajstić information content (AvgIpc) is 2.37. The molecule has 0 radical (unpaired) electrons. The third-order valence-corrected chi connectivity index (χ3v) is 2.90. The predicted octanol–water partition coefficient (Wildman–Crippen LogP) is 2.43. The van der Waals surface area contributed by atoms with E-state index in [4.69, 9.17) is 0 Å². The van der Waals surface area contributed by atoms with Gasteiger partial charge in [0.05, 0.1) is 11.6 Å².